The average Bonchev–Trinajstić information content (AvgIpc) is 2.78. The molecule has 1 aliphatic rings. The summed E-state index contributed by atoms with van der Waals surface area (Å²) >= 11 is 0. The Labute approximate surface area is 107 Å². The molecule has 0 bridgehead atoms. The Balaban J connectivity index is 2.49. The van der Waals surface area contributed by atoms with Crippen LogP contribution < -0.4 is 5.32 Å². The van der Waals surface area contributed by atoms with Crippen LogP contribution in [0.25, 0.3) is 0 Å². The van der Waals surface area contributed by atoms with Gasteiger partial charge in [-0.15, -0.1) is 0 Å². The summed E-state index contributed by atoms with van der Waals surface area (Å²) in [6.07, 6.45) is 5.08. The summed E-state index contributed by atoms with van der Waals surface area (Å²) in [7, 11) is 3.92. The zero-order chi connectivity index (χ0) is 12.7. The van der Waals surface area contributed by atoms with Crippen molar-refractivity contribution in [3.63, 3.8) is 0 Å². The van der Waals surface area contributed by atoms with Crippen LogP contribution in [-0.4, -0.2) is 50.8 Å². The van der Waals surface area contributed by atoms with Crippen molar-refractivity contribution in [3.05, 3.63) is 0 Å². The first kappa shape index (κ1) is 14.9. The lowest BCUT2D eigenvalue weighted by atomic mass is 9.99. The minimum Gasteiger partial charge on any atom is -0.384 e. The number of rotatable bonds is 8. The predicted molar refractivity (Wildman–Crippen MR) is 73.4 cm³/mol. The lowest BCUT2D eigenvalue weighted by Crippen LogP contribution is -2.48. The maximum atomic E-state index is 5.28. The number of hydrogen-bond donors (Lipinski definition) is 1. The van der Waals surface area contributed by atoms with E-state index in [0.29, 0.717) is 12.1 Å². The molecule has 0 aromatic carbocycles. The fourth-order valence-corrected chi connectivity index (χ4v) is 3.17. The Morgan fingerprint density at radius 1 is 1.41 bits per heavy atom. The Hall–Kier alpha value is -0.120. The highest BCUT2D eigenvalue weighted by Crippen LogP contribution is 2.23. The molecule has 1 N–H and O–H groups in total. The number of hydrogen-bond acceptors (Lipinski definition) is 3. The lowest BCUT2D eigenvalue weighted by Gasteiger charge is -2.34. The first-order chi connectivity index (χ1) is 8.26. The summed E-state index contributed by atoms with van der Waals surface area (Å²) in [5.74, 6) is 0.744. The van der Waals surface area contributed by atoms with Gasteiger partial charge in [0.2, 0.25) is 0 Å². The summed E-state index contributed by atoms with van der Waals surface area (Å²) in [6, 6.07) is 1.34. The Kier molecular flexibility index (Phi) is 7.09. The van der Waals surface area contributed by atoms with Gasteiger partial charge < -0.3 is 10.1 Å². The quantitative estimate of drug-likeness (QED) is 0.705. The van der Waals surface area contributed by atoms with Crippen molar-refractivity contribution < 1.29 is 4.74 Å². The van der Waals surface area contributed by atoms with Crippen LogP contribution in [0.4, 0.5) is 0 Å². The minimum atomic E-state index is 0.645. The summed E-state index contributed by atoms with van der Waals surface area (Å²) in [4.78, 5) is 2.67. The molecule has 0 aromatic heterocycles. The van der Waals surface area contributed by atoms with E-state index in [1.54, 1.807) is 0 Å². The number of likely N-dealkylation sites (N-methyl/N-ethyl adjacent to an activating group) is 1. The molecular formula is C14H30N2O. The maximum Gasteiger partial charge on any atom is 0.0503 e. The molecule has 3 atom stereocenters. The van der Waals surface area contributed by atoms with Gasteiger partial charge in [0.15, 0.2) is 0 Å². The van der Waals surface area contributed by atoms with Crippen molar-refractivity contribution >= 4 is 0 Å². The van der Waals surface area contributed by atoms with E-state index < -0.39 is 0 Å². The van der Waals surface area contributed by atoms with Crippen LogP contribution in [0.5, 0.6) is 0 Å². The van der Waals surface area contributed by atoms with E-state index in [1.807, 2.05) is 7.11 Å². The van der Waals surface area contributed by atoms with E-state index in [1.165, 1.54) is 38.8 Å². The third-order valence-electron chi connectivity index (χ3n) is 4.04. The normalized spacial score (nSPS) is 25.1. The molecule has 1 fully saturated rings. The molecule has 1 heterocycles. The molecule has 0 aliphatic carbocycles. The van der Waals surface area contributed by atoms with Gasteiger partial charge in [-0.25, -0.2) is 0 Å². The van der Waals surface area contributed by atoms with Crippen molar-refractivity contribution in [1.29, 1.82) is 0 Å². The number of ether oxygens (including phenoxy) is 1. The zero-order valence-corrected chi connectivity index (χ0v) is 12.0. The first-order valence-corrected chi connectivity index (χ1v) is 7.17. The summed E-state index contributed by atoms with van der Waals surface area (Å²) in [5, 5.41) is 3.50. The fourth-order valence-electron chi connectivity index (χ4n) is 3.17. The van der Waals surface area contributed by atoms with E-state index in [2.05, 4.69) is 31.1 Å². The highest BCUT2D eigenvalue weighted by molar-refractivity contribution is 4.87. The van der Waals surface area contributed by atoms with Crippen LogP contribution in [0.2, 0.25) is 0 Å². The number of nitrogens with zero attached hydrogens (tertiary/aromatic N) is 1. The maximum absolute atomic E-state index is 5.28. The molecule has 3 unspecified atom stereocenters. The number of likely N-dealkylation sites (tertiary alicyclic amines) is 1. The van der Waals surface area contributed by atoms with Crippen molar-refractivity contribution in [2.45, 2.75) is 51.6 Å². The van der Waals surface area contributed by atoms with Gasteiger partial charge in [0.25, 0.3) is 0 Å². The van der Waals surface area contributed by atoms with Gasteiger partial charge in [-0.2, -0.15) is 0 Å². The molecule has 0 radical (unpaired) electrons. The van der Waals surface area contributed by atoms with E-state index in [4.69, 9.17) is 4.74 Å². The van der Waals surface area contributed by atoms with Crippen LogP contribution in [0.3, 0.4) is 0 Å². The highest BCUT2D eigenvalue weighted by Gasteiger charge is 2.30. The van der Waals surface area contributed by atoms with Gasteiger partial charge >= 0.3 is 0 Å². The van der Waals surface area contributed by atoms with Gasteiger partial charge in [0.1, 0.15) is 0 Å². The van der Waals surface area contributed by atoms with Gasteiger partial charge in [0, 0.05) is 25.7 Å². The monoisotopic (exact) mass is 242 g/mol. The summed E-state index contributed by atoms with van der Waals surface area (Å²) in [6.45, 7) is 7.97. The third-order valence-corrected chi connectivity index (χ3v) is 4.04. The highest BCUT2D eigenvalue weighted by atomic mass is 16.5. The van der Waals surface area contributed by atoms with Crippen molar-refractivity contribution in [3.8, 4) is 0 Å². The van der Waals surface area contributed by atoms with Gasteiger partial charge in [0.05, 0.1) is 6.61 Å². The Morgan fingerprint density at radius 3 is 2.71 bits per heavy atom. The standard InChI is InChI=1S/C14H30N2O/c1-5-7-13(15-3)14(6-2)16-9-8-12(10-16)11-17-4/h12-15H,5-11H2,1-4H3. The smallest absolute Gasteiger partial charge is 0.0503 e. The predicted octanol–water partition coefficient (Wildman–Crippen LogP) is 2.12. The molecule has 1 saturated heterocycles. The molecule has 3 heteroatoms. The molecule has 102 valence electrons. The van der Waals surface area contributed by atoms with Crippen LogP contribution in [0.15, 0.2) is 0 Å². The van der Waals surface area contributed by atoms with Crippen molar-refractivity contribution in [1.82, 2.24) is 10.2 Å². The zero-order valence-electron chi connectivity index (χ0n) is 12.0. The average molecular weight is 242 g/mol. The number of nitrogens with one attached hydrogen (secondary N) is 1. The van der Waals surface area contributed by atoms with Crippen LogP contribution >= 0.6 is 0 Å². The molecule has 1 aliphatic heterocycles. The van der Waals surface area contributed by atoms with E-state index in [0.717, 1.165) is 12.5 Å². The number of methoxy groups -OCH3 is 1. The van der Waals surface area contributed by atoms with E-state index in [-0.39, 0.29) is 0 Å². The molecule has 0 amide bonds. The van der Waals surface area contributed by atoms with Crippen LogP contribution in [0.1, 0.15) is 39.5 Å². The second kappa shape index (κ2) is 8.06. The second-order valence-corrected chi connectivity index (χ2v) is 5.26. The topological polar surface area (TPSA) is 24.5 Å². The summed E-state index contributed by atoms with van der Waals surface area (Å²) in [5.41, 5.74) is 0. The molecule has 0 aromatic rings. The van der Waals surface area contributed by atoms with Gasteiger partial charge in [-0.05, 0) is 38.8 Å². The SMILES string of the molecule is CCCC(NC)C(CC)N1CCC(COC)C1. The molecule has 3 nitrogen and oxygen atoms in total. The molecule has 17 heavy (non-hydrogen) atoms. The fraction of sp³-hybridized carbons (Fsp3) is 1.00. The third kappa shape index (κ3) is 4.23. The van der Waals surface area contributed by atoms with E-state index in [9.17, 15) is 0 Å². The van der Waals surface area contributed by atoms with Crippen molar-refractivity contribution in [2.24, 2.45) is 5.92 Å². The van der Waals surface area contributed by atoms with E-state index >= 15 is 0 Å². The summed E-state index contributed by atoms with van der Waals surface area (Å²) < 4.78 is 5.28. The molecule has 1 rings (SSSR count). The van der Waals surface area contributed by atoms with Crippen LogP contribution in [0, 0.1) is 5.92 Å². The second-order valence-electron chi connectivity index (χ2n) is 5.26. The molecule has 0 saturated carbocycles. The largest absolute Gasteiger partial charge is 0.384 e. The minimum absolute atomic E-state index is 0.645. The molecular weight excluding hydrogens is 212 g/mol. The van der Waals surface area contributed by atoms with Gasteiger partial charge in [-0.1, -0.05) is 20.3 Å². The van der Waals surface area contributed by atoms with Crippen molar-refractivity contribution in [2.75, 3.05) is 33.9 Å². The van der Waals surface area contributed by atoms with Crippen LogP contribution in [-0.2, 0) is 4.74 Å². The lowest BCUT2D eigenvalue weighted by molar-refractivity contribution is 0.136. The Morgan fingerprint density at radius 2 is 2.18 bits per heavy atom. The molecule has 0 spiro atoms. The van der Waals surface area contributed by atoms with Gasteiger partial charge in [-0.3, -0.25) is 4.90 Å². The Bertz CT molecular complexity index is 199. The first-order valence-electron chi connectivity index (χ1n) is 7.17.